The lowest BCUT2D eigenvalue weighted by Crippen LogP contribution is -2.26. The van der Waals surface area contributed by atoms with E-state index in [1.807, 2.05) is 42.5 Å². The molecule has 0 aliphatic heterocycles. The van der Waals surface area contributed by atoms with Gasteiger partial charge < -0.3 is 14.6 Å². The van der Waals surface area contributed by atoms with Crippen LogP contribution in [0.1, 0.15) is 18.1 Å². The van der Waals surface area contributed by atoms with E-state index in [2.05, 4.69) is 5.32 Å². The molecule has 0 fully saturated rings. The molecule has 2 N–H and O–H groups in total. The Hall–Kier alpha value is -2.86. The van der Waals surface area contributed by atoms with Crippen molar-refractivity contribution in [2.45, 2.75) is 25.9 Å². The van der Waals surface area contributed by atoms with Crippen LogP contribution in [0, 0.1) is 0 Å². The van der Waals surface area contributed by atoms with Gasteiger partial charge in [0, 0.05) is 25.1 Å². The number of carbonyl (C=O) groups excluding carboxylic acids is 1. The number of ether oxygens (including phenoxy) is 2. The third-order valence-corrected chi connectivity index (χ3v) is 3.70. The Kier molecular flexibility index (Phi) is 7.64. The highest BCUT2D eigenvalue weighted by atomic mass is 16.5. The third-order valence-electron chi connectivity index (χ3n) is 3.70. The topological polar surface area (TPSA) is 84.9 Å². The lowest BCUT2D eigenvalue weighted by atomic mass is 10.0. The van der Waals surface area contributed by atoms with Crippen LogP contribution < -0.4 is 5.32 Å². The van der Waals surface area contributed by atoms with Crippen molar-refractivity contribution in [3.8, 4) is 0 Å². The fraction of sp³-hybridized carbons (Fsp3) is 0.300. The van der Waals surface area contributed by atoms with E-state index in [0.29, 0.717) is 25.1 Å². The fourth-order valence-corrected chi connectivity index (χ4v) is 2.48. The first-order valence-corrected chi connectivity index (χ1v) is 8.49. The Morgan fingerprint density at radius 1 is 1.08 bits per heavy atom. The first kappa shape index (κ1) is 19.5. The van der Waals surface area contributed by atoms with Crippen molar-refractivity contribution in [2.24, 2.45) is 0 Å². The van der Waals surface area contributed by atoms with Gasteiger partial charge in [0.25, 0.3) is 0 Å². The van der Waals surface area contributed by atoms with Gasteiger partial charge in [-0.25, -0.2) is 9.59 Å². The lowest BCUT2D eigenvalue weighted by Gasteiger charge is -2.13. The Morgan fingerprint density at radius 3 is 2.50 bits per heavy atom. The molecule has 2 aromatic carbocycles. The Bertz CT molecular complexity index is 717. The summed E-state index contributed by atoms with van der Waals surface area (Å²) in [5.41, 5.74) is 2.52. The SMILES string of the molecule is CCOC(Cc1cccc(CCOC(=O)Nc2ccccc2)c1)C(=O)O. The highest BCUT2D eigenvalue weighted by Crippen LogP contribution is 2.11. The number of rotatable bonds is 9. The molecule has 1 amide bonds. The van der Waals surface area contributed by atoms with Crippen LogP contribution in [-0.2, 0) is 27.1 Å². The molecule has 0 bridgehead atoms. The van der Waals surface area contributed by atoms with Gasteiger partial charge in [0.05, 0.1) is 6.61 Å². The summed E-state index contributed by atoms with van der Waals surface area (Å²) in [7, 11) is 0. The number of benzene rings is 2. The zero-order valence-electron chi connectivity index (χ0n) is 14.7. The van der Waals surface area contributed by atoms with Gasteiger partial charge in [-0.05, 0) is 30.2 Å². The van der Waals surface area contributed by atoms with Crippen LogP contribution in [-0.4, -0.2) is 36.5 Å². The molecule has 0 heterocycles. The van der Waals surface area contributed by atoms with Crippen molar-refractivity contribution in [2.75, 3.05) is 18.5 Å². The summed E-state index contributed by atoms with van der Waals surface area (Å²) < 4.78 is 10.4. The van der Waals surface area contributed by atoms with E-state index in [1.165, 1.54) is 0 Å². The molecule has 0 saturated carbocycles. The first-order chi connectivity index (χ1) is 12.6. The number of hydrogen-bond donors (Lipinski definition) is 2. The van der Waals surface area contributed by atoms with E-state index in [0.717, 1.165) is 11.1 Å². The van der Waals surface area contributed by atoms with E-state index < -0.39 is 18.2 Å². The minimum absolute atomic E-state index is 0.232. The van der Waals surface area contributed by atoms with Crippen LogP contribution in [0.2, 0.25) is 0 Å². The molecule has 6 heteroatoms. The predicted molar refractivity (Wildman–Crippen MR) is 98.3 cm³/mol. The fourth-order valence-electron chi connectivity index (χ4n) is 2.48. The summed E-state index contributed by atoms with van der Waals surface area (Å²) >= 11 is 0. The van der Waals surface area contributed by atoms with Crippen LogP contribution in [0.5, 0.6) is 0 Å². The number of carboxylic acids is 1. The second-order valence-electron chi connectivity index (χ2n) is 5.68. The number of nitrogens with one attached hydrogen (secondary N) is 1. The van der Waals surface area contributed by atoms with Crippen LogP contribution in [0.25, 0.3) is 0 Å². The molecule has 0 radical (unpaired) electrons. The monoisotopic (exact) mass is 357 g/mol. The number of carboxylic acid groups (broad SMARTS) is 1. The molecule has 0 saturated heterocycles. The number of para-hydroxylation sites is 1. The van der Waals surface area contributed by atoms with Crippen LogP contribution in [0.4, 0.5) is 10.5 Å². The van der Waals surface area contributed by atoms with Crippen LogP contribution in [0.3, 0.4) is 0 Å². The average molecular weight is 357 g/mol. The van der Waals surface area contributed by atoms with Crippen molar-refractivity contribution in [1.29, 1.82) is 0 Å². The number of anilines is 1. The quantitative estimate of drug-likeness (QED) is 0.717. The summed E-state index contributed by atoms with van der Waals surface area (Å²) in [6, 6.07) is 16.6. The van der Waals surface area contributed by atoms with Gasteiger partial charge in [0.2, 0.25) is 0 Å². The zero-order chi connectivity index (χ0) is 18.8. The van der Waals surface area contributed by atoms with Crippen molar-refractivity contribution in [1.82, 2.24) is 0 Å². The van der Waals surface area contributed by atoms with Gasteiger partial charge >= 0.3 is 12.1 Å². The molecule has 2 rings (SSSR count). The maximum absolute atomic E-state index is 11.7. The largest absolute Gasteiger partial charge is 0.479 e. The van der Waals surface area contributed by atoms with Crippen LogP contribution >= 0.6 is 0 Å². The number of aliphatic carboxylic acids is 1. The van der Waals surface area contributed by atoms with E-state index in [1.54, 1.807) is 19.1 Å². The van der Waals surface area contributed by atoms with Crippen molar-refractivity contribution in [3.63, 3.8) is 0 Å². The third kappa shape index (κ3) is 6.57. The van der Waals surface area contributed by atoms with Gasteiger partial charge in [-0.15, -0.1) is 0 Å². The van der Waals surface area contributed by atoms with E-state index in [-0.39, 0.29) is 6.61 Å². The summed E-state index contributed by atoms with van der Waals surface area (Å²) in [5, 5.41) is 11.8. The Morgan fingerprint density at radius 2 is 1.81 bits per heavy atom. The molecular weight excluding hydrogens is 334 g/mol. The molecule has 1 unspecified atom stereocenters. The second-order valence-corrected chi connectivity index (χ2v) is 5.68. The number of carbonyl (C=O) groups is 2. The van der Waals surface area contributed by atoms with E-state index in [9.17, 15) is 9.59 Å². The normalized spacial score (nSPS) is 11.6. The summed E-state index contributed by atoms with van der Waals surface area (Å²) in [6.07, 6.45) is -0.521. The van der Waals surface area contributed by atoms with E-state index in [4.69, 9.17) is 14.6 Å². The minimum Gasteiger partial charge on any atom is -0.479 e. The van der Waals surface area contributed by atoms with Crippen molar-refractivity contribution < 1.29 is 24.2 Å². The Labute approximate surface area is 152 Å². The van der Waals surface area contributed by atoms with Gasteiger partial charge in [0.1, 0.15) is 0 Å². The van der Waals surface area contributed by atoms with Crippen molar-refractivity contribution in [3.05, 3.63) is 65.7 Å². The maximum Gasteiger partial charge on any atom is 0.411 e. The standard InChI is InChI=1S/C20H23NO5/c1-2-25-18(19(22)23)14-16-8-6-7-15(13-16)11-12-26-20(24)21-17-9-4-3-5-10-17/h3-10,13,18H,2,11-12,14H2,1H3,(H,21,24)(H,22,23). The molecule has 138 valence electrons. The summed E-state index contributed by atoms with van der Waals surface area (Å²) in [5.74, 6) is -0.974. The number of amides is 1. The van der Waals surface area contributed by atoms with Gasteiger partial charge in [-0.3, -0.25) is 5.32 Å². The first-order valence-electron chi connectivity index (χ1n) is 8.49. The highest BCUT2D eigenvalue weighted by Gasteiger charge is 2.18. The molecule has 0 spiro atoms. The molecule has 0 aliphatic rings. The van der Waals surface area contributed by atoms with Gasteiger partial charge in [0.15, 0.2) is 6.10 Å². The predicted octanol–water partition coefficient (Wildman–Crippen LogP) is 3.51. The second kappa shape index (κ2) is 10.2. The minimum atomic E-state index is -0.974. The summed E-state index contributed by atoms with van der Waals surface area (Å²) in [4.78, 5) is 22.9. The summed E-state index contributed by atoms with van der Waals surface area (Å²) in [6.45, 7) is 2.35. The molecular formula is C20H23NO5. The van der Waals surface area contributed by atoms with Gasteiger partial charge in [-0.2, -0.15) is 0 Å². The molecule has 0 aromatic heterocycles. The Balaban J connectivity index is 1.82. The lowest BCUT2D eigenvalue weighted by molar-refractivity contribution is -0.149. The van der Waals surface area contributed by atoms with Gasteiger partial charge in [-0.1, -0.05) is 42.5 Å². The van der Waals surface area contributed by atoms with Crippen LogP contribution in [0.15, 0.2) is 54.6 Å². The number of hydrogen-bond acceptors (Lipinski definition) is 4. The average Bonchev–Trinajstić information content (AvgIpc) is 2.62. The zero-order valence-corrected chi connectivity index (χ0v) is 14.7. The smallest absolute Gasteiger partial charge is 0.411 e. The highest BCUT2D eigenvalue weighted by molar-refractivity contribution is 5.84. The molecule has 6 nitrogen and oxygen atoms in total. The maximum atomic E-state index is 11.7. The molecule has 1 atom stereocenters. The molecule has 0 aliphatic carbocycles. The van der Waals surface area contributed by atoms with E-state index >= 15 is 0 Å². The molecule has 26 heavy (non-hydrogen) atoms. The van der Waals surface area contributed by atoms with Crippen molar-refractivity contribution >= 4 is 17.7 Å². The molecule has 2 aromatic rings.